The first-order valence-electron chi connectivity index (χ1n) is 3.18. The Bertz CT molecular complexity index is 245. The Hall–Kier alpha value is -1.07. The Morgan fingerprint density at radius 2 is 2.00 bits per heavy atom. The third kappa shape index (κ3) is 2.21. The van der Waals surface area contributed by atoms with Gasteiger partial charge in [-0.25, -0.2) is 17.6 Å². The predicted octanol–water partition coefficient (Wildman–Crippen LogP) is 2.09. The molecule has 0 N–H and O–H groups in total. The zero-order chi connectivity index (χ0) is 9.14. The van der Waals surface area contributed by atoms with Crippen molar-refractivity contribution in [2.75, 3.05) is 0 Å². The molecule has 0 saturated heterocycles. The SMILES string of the molecule is FC(F)Cn1cc(C(F)F)cn1. The number of rotatable bonds is 3. The second kappa shape index (κ2) is 3.55. The summed E-state index contributed by atoms with van der Waals surface area (Å²) < 4.78 is 47.9. The maximum Gasteiger partial charge on any atom is 0.266 e. The van der Waals surface area contributed by atoms with Gasteiger partial charge in [-0.05, 0) is 0 Å². The summed E-state index contributed by atoms with van der Waals surface area (Å²) in [6.07, 6.45) is -3.43. The van der Waals surface area contributed by atoms with Gasteiger partial charge in [0.1, 0.15) is 6.54 Å². The van der Waals surface area contributed by atoms with E-state index < -0.39 is 19.4 Å². The summed E-state index contributed by atoms with van der Waals surface area (Å²) >= 11 is 0. The summed E-state index contributed by atoms with van der Waals surface area (Å²) in [7, 11) is 0. The summed E-state index contributed by atoms with van der Waals surface area (Å²) in [5.74, 6) is 0. The molecule has 0 aliphatic heterocycles. The molecule has 0 aromatic carbocycles. The fraction of sp³-hybridized carbons (Fsp3) is 0.500. The van der Waals surface area contributed by atoms with Crippen LogP contribution in [0.4, 0.5) is 17.6 Å². The first kappa shape index (κ1) is 9.02. The van der Waals surface area contributed by atoms with Crippen LogP contribution >= 0.6 is 0 Å². The molecule has 1 aromatic heterocycles. The van der Waals surface area contributed by atoms with Crippen LogP contribution in [0.2, 0.25) is 0 Å². The average molecular weight is 182 g/mol. The molecule has 0 spiro atoms. The van der Waals surface area contributed by atoms with E-state index in [0.29, 0.717) is 0 Å². The van der Waals surface area contributed by atoms with E-state index in [2.05, 4.69) is 5.10 Å². The highest BCUT2D eigenvalue weighted by Gasteiger charge is 2.11. The standard InChI is InChI=1S/C6H6F4N2/c7-5(8)3-12-2-4(1-11-12)6(9)10/h1-2,5-6H,3H2. The average Bonchev–Trinajstić information content (AvgIpc) is 2.34. The minimum atomic E-state index is -2.66. The Kier molecular flexibility index (Phi) is 2.67. The number of hydrogen-bond donors (Lipinski definition) is 0. The molecular formula is C6H6F4N2. The molecule has 12 heavy (non-hydrogen) atoms. The van der Waals surface area contributed by atoms with Crippen molar-refractivity contribution in [2.24, 2.45) is 0 Å². The van der Waals surface area contributed by atoms with Gasteiger partial charge in [0.2, 0.25) is 0 Å². The molecule has 1 heterocycles. The van der Waals surface area contributed by atoms with Crippen LogP contribution in [-0.2, 0) is 6.54 Å². The molecule has 2 nitrogen and oxygen atoms in total. The van der Waals surface area contributed by atoms with Crippen LogP contribution in [0.5, 0.6) is 0 Å². The maximum absolute atomic E-state index is 11.9. The van der Waals surface area contributed by atoms with Crippen LogP contribution in [0.1, 0.15) is 12.0 Å². The number of halogens is 4. The molecule has 0 saturated carbocycles. The third-order valence-electron chi connectivity index (χ3n) is 1.23. The van der Waals surface area contributed by atoms with Gasteiger partial charge in [0.15, 0.2) is 0 Å². The van der Waals surface area contributed by atoms with Crippen LogP contribution in [-0.4, -0.2) is 16.2 Å². The predicted molar refractivity (Wildman–Crippen MR) is 33.2 cm³/mol. The fourth-order valence-electron chi connectivity index (χ4n) is 0.734. The summed E-state index contributed by atoms with van der Waals surface area (Å²) in [5.41, 5.74) is -0.337. The molecule has 0 amide bonds. The quantitative estimate of drug-likeness (QED) is 0.654. The lowest BCUT2D eigenvalue weighted by molar-refractivity contribution is 0.121. The lowest BCUT2D eigenvalue weighted by atomic mass is 10.4. The Morgan fingerprint density at radius 1 is 1.33 bits per heavy atom. The molecule has 0 atom stereocenters. The van der Waals surface area contributed by atoms with Gasteiger partial charge in [-0.1, -0.05) is 0 Å². The maximum atomic E-state index is 11.9. The van der Waals surface area contributed by atoms with E-state index in [4.69, 9.17) is 0 Å². The van der Waals surface area contributed by atoms with Crippen LogP contribution in [0.15, 0.2) is 12.4 Å². The number of hydrogen-bond acceptors (Lipinski definition) is 1. The van der Waals surface area contributed by atoms with Gasteiger partial charge in [-0.3, -0.25) is 4.68 Å². The normalized spacial score (nSPS) is 11.5. The molecule has 6 heteroatoms. The van der Waals surface area contributed by atoms with Crippen LogP contribution < -0.4 is 0 Å². The highest BCUT2D eigenvalue weighted by molar-refractivity contribution is 5.04. The molecule has 0 unspecified atom stereocenters. The van der Waals surface area contributed by atoms with Crippen molar-refractivity contribution < 1.29 is 17.6 Å². The van der Waals surface area contributed by atoms with Gasteiger partial charge in [0.05, 0.1) is 11.8 Å². The first-order valence-corrected chi connectivity index (χ1v) is 3.18. The van der Waals surface area contributed by atoms with Crippen molar-refractivity contribution in [3.8, 4) is 0 Å². The number of nitrogens with zero attached hydrogens (tertiary/aromatic N) is 2. The topological polar surface area (TPSA) is 17.8 Å². The summed E-state index contributed by atoms with van der Waals surface area (Å²) in [6, 6.07) is 0. The van der Waals surface area contributed by atoms with Gasteiger partial charge in [0, 0.05) is 6.20 Å². The van der Waals surface area contributed by atoms with Gasteiger partial charge in [0.25, 0.3) is 12.9 Å². The van der Waals surface area contributed by atoms with Gasteiger partial charge < -0.3 is 0 Å². The van der Waals surface area contributed by atoms with Crippen molar-refractivity contribution in [3.05, 3.63) is 18.0 Å². The minimum absolute atomic E-state index is 0.337. The molecular weight excluding hydrogens is 176 g/mol. The summed E-state index contributed by atoms with van der Waals surface area (Å²) in [5, 5.41) is 3.33. The van der Waals surface area contributed by atoms with Crippen LogP contribution in [0.25, 0.3) is 0 Å². The summed E-state index contributed by atoms with van der Waals surface area (Å²) in [6.45, 7) is -0.646. The van der Waals surface area contributed by atoms with Crippen molar-refractivity contribution in [3.63, 3.8) is 0 Å². The molecule has 1 rings (SSSR count). The molecule has 0 aliphatic carbocycles. The monoisotopic (exact) mass is 182 g/mol. The van der Waals surface area contributed by atoms with E-state index in [9.17, 15) is 17.6 Å². The Labute approximate surface area is 65.8 Å². The third-order valence-corrected chi connectivity index (χ3v) is 1.23. The molecule has 0 radical (unpaired) electrons. The van der Waals surface area contributed by atoms with Crippen molar-refractivity contribution in [2.45, 2.75) is 19.4 Å². The van der Waals surface area contributed by atoms with Crippen molar-refractivity contribution in [1.29, 1.82) is 0 Å². The minimum Gasteiger partial charge on any atom is -0.266 e. The second-order valence-electron chi connectivity index (χ2n) is 2.19. The smallest absolute Gasteiger partial charge is 0.266 e. The van der Waals surface area contributed by atoms with E-state index in [1.807, 2.05) is 0 Å². The van der Waals surface area contributed by atoms with Gasteiger partial charge in [-0.15, -0.1) is 0 Å². The van der Waals surface area contributed by atoms with E-state index in [1.54, 1.807) is 0 Å². The van der Waals surface area contributed by atoms with E-state index in [-0.39, 0.29) is 5.56 Å². The van der Waals surface area contributed by atoms with Gasteiger partial charge >= 0.3 is 0 Å². The molecule has 0 fully saturated rings. The highest BCUT2D eigenvalue weighted by Crippen LogP contribution is 2.17. The zero-order valence-corrected chi connectivity index (χ0v) is 5.92. The van der Waals surface area contributed by atoms with E-state index >= 15 is 0 Å². The van der Waals surface area contributed by atoms with E-state index in [0.717, 1.165) is 17.1 Å². The molecule has 1 aromatic rings. The van der Waals surface area contributed by atoms with E-state index in [1.165, 1.54) is 0 Å². The molecule has 68 valence electrons. The largest absolute Gasteiger partial charge is 0.266 e. The van der Waals surface area contributed by atoms with Crippen molar-refractivity contribution in [1.82, 2.24) is 9.78 Å². The number of aromatic nitrogens is 2. The van der Waals surface area contributed by atoms with Gasteiger partial charge in [-0.2, -0.15) is 5.10 Å². The number of alkyl halides is 4. The Morgan fingerprint density at radius 3 is 2.42 bits per heavy atom. The molecule has 0 bridgehead atoms. The molecule has 0 aliphatic rings. The first-order chi connectivity index (χ1) is 5.59. The second-order valence-corrected chi connectivity index (χ2v) is 2.19. The summed E-state index contributed by atoms with van der Waals surface area (Å²) in [4.78, 5) is 0. The Balaban J connectivity index is 2.64. The highest BCUT2D eigenvalue weighted by atomic mass is 19.3. The lowest BCUT2D eigenvalue weighted by Gasteiger charge is -1.97. The van der Waals surface area contributed by atoms with Crippen LogP contribution in [0.3, 0.4) is 0 Å². The fourth-order valence-corrected chi connectivity index (χ4v) is 0.734. The lowest BCUT2D eigenvalue weighted by Crippen LogP contribution is -2.06. The zero-order valence-electron chi connectivity index (χ0n) is 5.92. The van der Waals surface area contributed by atoms with Crippen molar-refractivity contribution >= 4 is 0 Å². The van der Waals surface area contributed by atoms with Crippen LogP contribution in [0, 0.1) is 0 Å².